The van der Waals surface area contributed by atoms with E-state index in [0.717, 1.165) is 38.9 Å². The van der Waals surface area contributed by atoms with Crippen LogP contribution in [0.3, 0.4) is 0 Å². The predicted molar refractivity (Wildman–Crippen MR) is 137 cm³/mol. The van der Waals surface area contributed by atoms with E-state index >= 15 is 0 Å². The minimum absolute atomic E-state index is 0.0768. The van der Waals surface area contributed by atoms with Crippen LogP contribution in [0.25, 0.3) is 0 Å². The van der Waals surface area contributed by atoms with E-state index in [1.165, 1.54) is 24.8 Å². The number of ether oxygens (including phenoxy) is 2. The number of alkyl halides is 3. The zero-order valence-electron chi connectivity index (χ0n) is 21.3. The molecule has 0 unspecified atom stereocenters. The van der Waals surface area contributed by atoms with Gasteiger partial charge in [0.2, 0.25) is 5.91 Å². The number of halogens is 3. The molecule has 2 aliphatic rings. The van der Waals surface area contributed by atoms with Crippen LogP contribution in [0.5, 0.6) is 11.5 Å². The molecule has 2 saturated heterocycles. The number of amides is 1. The van der Waals surface area contributed by atoms with Crippen LogP contribution in [-0.2, 0) is 11.3 Å². The molecule has 0 radical (unpaired) electrons. The summed E-state index contributed by atoms with van der Waals surface area (Å²) >= 11 is 0. The standard InChI is InChI=1S/C28H36F3N3O3/c1-36-25-17-24(18-26(19-25)37-28(29,30)31)34-15-10-23(11-16-34)27(35)32-12-7-21-8-13-33(14-9-21)20-22-5-3-2-4-6-22/h2-6,17-19,21,23H,7-16,20H2,1H3,(H,32,35). The topological polar surface area (TPSA) is 54.0 Å². The van der Waals surface area contributed by atoms with Crippen molar-refractivity contribution in [3.8, 4) is 11.5 Å². The van der Waals surface area contributed by atoms with Crippen LogP contribution >= 0.6 is 0 Å². The highest BCUT2D eigenvalue weighted by molar-refractivity contribution is 5.79. The summed E-state index contributed by atoms with van der Waals surface area (Å²) in [5, 5.41) is 3.12. The second-order valence-corrected chi connectivity index (χ2v) is 9.96. The Hall–Kier alpha value is -2.94. The molecule has 0 bridgehead atoms. The second-order valence-electron chi connectivity index (χ2n) is 9.96. The summed E-state index contributed by atoms with van der Waals surface area (Å²) in [7, 11) is 1.40. The highest BCUT2D eigenvalue weighted by Gasteiger charge is 2.32. The van der Waals surface area contributed by atoms with E-state index in [1.54, 1.807) is 6.07 Å². The van der Waals surface area contributed by atoms with Gasteiger partial charge >= 0.3 is 6.36 Å². The molecule has 2 aliphatic heterocycles. The number of nitrogens with one attached hydrogen (secondary N) is 1. The average molecular weight is 520 g/mol. The first kappa shape index (κ1) is 27.1. The van der Waals surface area contributed by atoms with E-state index in [1.807, 2.05) is 11.0 Å². The van der Waals surface area contributed by atoms with Crippen LogP contribution in [0.2, 0.25) is 0 Å². The lowest BCUT2D eigenvalue weighted by molar-refractivity contribution is -0.274. The number of carbonyl (C=O) groups is 1. The zero-order valence-corrected chi connectivity index (χ0v) is 21.3. The number of likely N-dealkylation sites (tertiary alicyclic amines) is 1. The molecule has 4 rings (SSSR count). The van der Waals surface area contributed by atoms with Gasteiger partial charge in [0.25, 0.3) is 0 Å². The monoisotopic (exact) mass is 519 g/mol. The molecule has 2 aromatic carbocycles. The Kier molecular flexibility index (Phi) is 9.18. The van der Waals surface area contributed by atoms with Crippen molar-refractivity contribution in [1.29, 1.82) is 0 Å². The van der Waals surface area contributed by atoms with Gasteiger partial charge in [-0.05, 0) is 56.7 Å². The third-order valence-corrected chi connectivity index (χ3v) is 7.37. The maximum absolute atomic E-state index is 12.7. The van der Waals surface area contributed by atoms with E-state index in [-0.39, 0.29) is 17.6 Å². The SMILES string of the molecule is COc1cc(OC(F)(F)F)cc(N2CCC(C(=O)NCCC3CCN(Cc4ccccc4)CC3)CC2)c1. The Morgan fingerprint density at radius 1 is 0.973 bits per heavy atom. The van der Waals surface area contributed by atoms with E-state index in [2.05, 4.69) is 39.2 Å². The molecule has 1 amide bonds. The maximum Gasteiger partial charge on any atom is 0.573 e. The van der Waals surface area contributed by atoms with Crippen LogP contribution in [-0.4, -0.2) is 57.0 Å². The smallest absolute Gasteiger partial charge is 0.497 e. The highest BCUT2D eigenvalue weighted by atomic mass is 19.4. The summed E-state index contributed by atoms with van der Waals surface area (Å²) < 4.78 is 47.3. The Morgan fingerprint density at radius 3 is 2.30 bits per heavy atom. The number of piperidine rings is 2. The molecular weight excluding hydrogens is 483 g/mol. The number of carbonyl (C=O) groups excluding carboxylic acids is 1. The molecule has 6 nitrogen and oxygen atoms in total. The van der Waals surface area contributed by atoms with E-state index in [0.29, 0.717) is 49.8 Å². The maximum atomic E-state index is 12.7. The number of methoxy groups -OCH3 is 1. The van der Waals surface area contributed by atoms with E-state index in [9.17, 15) is 18.0 Å². The summed E-state index contributed by atoms with van der Waals surface area (Å²) in [6.07, 6.45) is -0.167. The fraction of sp³-hybridized carbons (Fsp3) is 0.536. The molecule has 202 valence electrons. The minimum atomic E-state index is -4.77. The van der Waals surface area contributed by atoms with Crippen LogP contribution in [0.4, 0.5) is 18.9 Å². The largest absolute Gasteiger partial charge is 0.573 e. The first-order valence-corrected chi connectivity index (χ1v) is 13.0. The summed E-state index contributed by atoms with van der Waals surface area (Å²) in [4.78, 5) is 17.2. The normalized spacial score (nSPS) is 18.0. The molecule has 2 heterocycles. The molecule has 2 fully saturated rings. The number of benzene rings is 2. The van der Waals surface area contributed by atoms with Crippen molar-refractivity contribution in [1.82, 2.24) is 10.2 Å². The molecule has 0 atom stereocenters. The summed E-state index contributed by atoms with van der Waals surface area (Å²) in [5.41, 5.74) is 1.94. The van der Waals surface area contributed by atoms with E-state index < -0.39 is 6.36 Å². The van der Waals surface area contributed by atoms with Gasteiger partial charge in [-0.3, -0.25) is 9.69 Å². The van der Waals surface area contributed by atoms with Gasteiger partial charge in [0, 0.05) is 56.0 Å². The van der Waals surface area contributed by atoms with E-state index in [4.69, 9.17) is 4.74 Å². The first-order chi connectivity index (χ1) is 17.8. The van der Waals surface area contributed by atoms with Crippen LogP contribution in [0.1, 0.15) is 37.7 Å². The van der Waals surface area contributed by atoms with Gasteiger partial charge in [0.05, 0.1) is 7.11 Å². The number of nitrogens with zero attached hydrogens (tertiary/aromatic N) is 2. The molecule has 0 saturated carbocycles. The third kappa shape index (κ3) is 8.28. The van der Waals surface area contributed by atoms with Gasteiger partial charge in [0.15, 0.2) is 0 Å². The highest BCUT2D eigenvalue weighted by Crippen LogP contribution is 2.34. The summed E-state index contributed by atoms with van der Waals surface area (Å²) in [6, 6.07) is 14.8. The number of hydrogen-bond donors (Lipinski definition) is 1. The van der Waals surface area contributed by atoms with Gasteiger partial charge in [-0.25, -0.2) is 0 Å². The fourth-order valence-corrected chi connectivity index (χ4v) is 5.27. The Bertz CT molecular complexity index is 1000. The van der Waals surface area contributed by atoms with Gasteiger partial charge in [-0.1, -0.05) is 30.3 Å². The zero-order chi connectivity index (χ0) is 26.3. The fourth-order valence-electron chi connectivity index (χ4n) is 5.27. The molecule has 9 heteroatoms. The quantitative estimate of drug-likeness (QED) is 0.492. The molecule has 2 aromatic rings. The van der Waals surface area contributed by atoms with Crippen LogP contribution in [0.15, 0.2) is 48.5 Å². The number of hydrogen-bond acceptors (Lipinski definition) is 5. The lowest BCUT2D eigenvalue weighted by Crippen LogP contribution is -2.41. The van der Waals surface area contributed by atoms with Crippen molar-refractivity contribution in [2.75, 3.05) is 44.7 Å². The molecule has 0 aromatic heterocycles. The number of anilines is 1. The van der Waals surface area contributed by atoms with Crippen LogP contribution < -0.4 is 19.7 Å². The van der Waals surface area contributed by atoms with Crippen molar-refractivity contribution in [2.24, 2.45) is 11.8 Å². The van der Waals surface area contributed by atoms with Crippen molar-refractivity contribution >= 4 is 11.6 Å². The average Bonchev–Trinajstić information content (AvgIpc) is 2.89. The Morgan fingerprint density at radius 2 is 1.65 bits per heavy atom. The van der Waals surface area contributed by atoms with Crippen molar-refractivity contribution in [3.05, 3.63) is 54.1 Å². The molecule has 37 heavy (non-hydrogen) atoms. The molecule has 0 spiro atoms. The van der Waals surface area contributed by atoms with Crippen LogP contribution in [0, 0.1) is 11.8 Å². The molecular formula is C28H36F3N3O3. The molecule has 1 N–H and O–H groups in total. The van der Waals surface area contributed by atoms with Gasteiger partial charge < -0.3 is 19.7 Å². The second kappa shape index (κ2) is 12.5. The number of rotatable bonds is 9. The lowest BCUT2D eigenvalue weighted by Gasteiger charge is -2.34. The Labute approximate surface area is 216 Å². The first-order valence-electron chi connectivity index (χ1n) is 13.0. The van der Waals surface area contributed by atoms with Crippen molar-refractivity contribution in [2.45, 2.75) is 45.0 Å². The van der Waals surface area contributed by atoms with Crippen molar-refractivity contribution in [3.63, 3.8) is 0 Å². The van der Waals surface area contributed by atoms with Gasteiger partial charge in [0.1, 0.15) is 11.5 Å². The predicted octanol–water partition coefficient (Wildman–Crippen LogP) is 5.23. The summed E-state index contributed by atoms with van der Waals surface area (Å²) in [6.45, 7) is 5.02. The van der Waals surface area contributed by atoms with Gasteiger partial charge in [-0.2, -0.15) is 0 Å². The minimum Gasteiger partial charge on any atom is -0.497 e. The third-order valence-electron chi connectivity index (χ3n) is 7.37. The van der Waals surface area contributed by atoms with Crippen molar-refractivity contribution < 1.29 is 27.4 Å². The Balaban J connectivity index is 1.17. The summed E-state index contributed by atoms with van der Waals surface area (Å²) in [5.74, 6) is 0.610. The van der Waals surface area contributed by atoms with Gasteiger partial charge in [-0.15, -0.1) is 13.2 Å². The lowest BCUT2D eigenvalue weighted by atomic mass is 9.92. The molecule has 0 aliphatic carbocycles.